The third-order valence-electron chi connectivity index (χ3n) is 5.31. The molecule has 0 unspecified atom stereocenters. The zero-order valence-electron chi connectivity index (χ0n) is 17.1. The van der Waals surface area contributed by atoms with E-state index in [1.807, 2.05) is 6.07 Å². The van der Waals surface area contributed by atoms with Crippen molar-refractivity contribution in [2.24, 2.45) is 0 Å². The lowest BCUT2D eigenvalue weighted by atomic mass is 10.0. The molecule has 0 fully saturated rings. The number of methoxy groups -OCH3 is 1. The Morgan fingerprint density at radius 2 is 1.75 bits per heavy atom. The molecule has 0 bridgehead atoms. The fraction of sp³-hybridized carbons (Fsp3) is 0.174. The molecule has 3 aromatic carbocycles. The Bertz CT molecular complexity index is 1280. The first kappa shape index (κ1) is 22.6. The van der Waals surface area contributed by atoms with Crippen LogP contribution >= 0.6 is 23.2 Å². The van der Waals surface area contributed by atoms with Crippen LogP contribution in [0.2, 0.25) is 10.0 Å². The summed E-state index contributed by atoms with van der Waals surface area (Å²) in [5.41, 5.74) is 2.70. The highest BCUT2D eigenvalue weighted by atomic mass is 35.5. The van der Waals surface area contributed by atoms with Gasteiger partial charge in [0.25, 0.3) is 5.91 Å². The molecule has 9 heteroatoms. The number of nitrogens with zero attached hydrogens (tertiary/aromatic N) is 1. The van der Waals surface area contributed by atoms with E-state index in [1.165, 1.54) is 29.6 Å². The lowest BCUT2D eigenvalue weighted by Crippen LogP contribution is -2.36. The number of amides is 1. The summed E-state index contributed by atoms with van der Waals surface area (Å²) in [6.45, 7) is 0.594. The molecule has 1 N–H and O–H groups in total. The Morgan fingerprint density at radius 3 is 2.47 bits per heavy atom. The van der Waals surface area contributed by atoms with Gasteiger partial charge in [0, 0.05) is 23.8 Å². The summed E-state index contributed by atoms with van der Waals surface area (Å²) < 4.78 is 32.8. The van der Waals surface area contributed by atoms with Gasteiger partial charge in [-0.2, -0.15) is 4.31 Å². The number of carbonyl (C=O) groups is 1. The molecule has 3 aromatic rings. The second-order valence-electron chi connectivity index (χ2n) is 7.33. The molecule has 0 aliphatic carbocycles. The Hall–Kier alpha value is -2.58. The maximum absolute atomic E-state index is 13.1. The van der Waals surface area contributed by atoms with Crippen LogP contribution in [0.5, 0.6) is 5.75 Å². The number of halogens is 2. The smallest absolute Gasteiger partial charge is 0.257 e. The first-order chi connectivity index (χ1) is 15.3. The Balaban J connectivity index is 1.55. The molecule has 0 saturated heterocycles. The van der Waals surface area contributed by atoms with E-state index in [9.17, 15) is 13.2 Å². The zero-order valence-corrected chi connectivity index (χ0v) is 19.5. The van der Waals surface area contributed by atoms with Gasteiger partial charge in [-0.05, 0) is 72.1 Å². The molecule has 0 radical (unpaired) electrons. The number of nitrogens with one attached hydrogen (secondary N) is 1. The minimum absolute atomic E-state index is 0.210. The van der Waals surface area contributed by atoms with Crippen LogP contribution in [0.3, 0.4) is 0 Å². The van der Waals surface area contributed by atoms with Crippen molar-refractivity contribution in [2.75, 3.05) is 19.0 Å². The predicted octanol–water partition coefficient (Wildman–Crippen LogP) is 5.00. The van der Waals surface area contributed by atoms with Crippen LogP contribution in [0, 0.1) is 0 Å². The number of hydrogen-bond donors (Lipinski definition) is 1. The molecule has 1 amide bonds. The van der Waals surface area contributed by atoms with E-state index in [0.29, 0.717) is 34.4 Å². The van der Waals surface area contributed by atoms with Crippen molar-refractivity contribution in [3.8, 4) is 5.75 Å². The van der Waals surface area contributed by atoms with Gasteiger partial charge in [-0.3, -0.25) is 4.79 Å². The minimum atomic E-state index is -3.66. The molecule has 0 aromatic heterocycles. The molecule has 1 aliphatic heterocycles. The fourth-order valence-electron chi connectivity index (χ4n) is 3.58. The molecule has 32 heavy (non-hydrogen) atoms. The molecule has 1 heterocycles. The van der Waals surface area contributed by atoms with Crippen LogP contribution in [0.4, 0.5) is 5.69 Å². The zero-order chi connectivity index (χ0) is 22.9. The van der Waals surface area contributed by atoms with Gasteiger partial charge in [-0.1, -0.05) is 29.3 Å². The van der Waals surface area contributed by atoms with Gasteiger partial charge in [0.1, 0.15) is 5.75 Å². The number of benzene rings is 3. The van der Waals surface area contributed by atoms with Crippen LogP contribution in [-0.2, 0) is 23.0 Å². The minimum Gasteiger partial charge on any atom is -0.497 e. The number of sulfonamides is 1. The van der Waals surface area contributed by atoms with Crippen molar-refractivity contribution < 1.29 is 17.9 Å². The summed E-state index contributed by atoms with van der Waals surface area (Å²) in [5.74, 6) is 0.198. The van der Waals surface area contributed by atoms with Crippen molar-refractivity contribution in [1.82, 2.24) is 4.31 Å². The van der Waals surface area contributed by atoms with E-state index in [0.717, 1.165) is 11.1 Å². The number of ether oxygens (including phenoxy) is 1. The van der Waals surface area contributed by atoms with Gasteiger partial charge < -0.3 is 10.1 Å². The average Bonchev–Trinajstić information content (AvgIpc) is 2.80. The average molecular weight is 491 g/mol. The van der Waals surface area contributed by atoms with Crippen molar-refractivity contribution in [1.29, 1.82) is 0 Å². The molecule has 0 atom stereocenters. The largest absolute Gasteiger partial charge is 0.497 e. The number of fused-ring (bicyclic) bond motifs is 1. The summed E-state index contributed by atoms with van der Waals surface area (Å²) in [7, 11) is -2.13. The van der Waals surface area contributed by atoms with Crippen molar-refractivity contribution in [3.63, 3.8) is 0 Å². The number of carbonyl (C=O) groups excluding carboxylic acids is 1. The lowest BCUT2D eigenvalue weighted by Gasteiger charge is -2.28. The van der Waals surface area contributed by atoms with E-state index < -0.39 is 15.9 Å². The topological polar surface area (TPSA) is 75.7 Å². The van der Waals surface area contributed by atoms with E-state index >= 15 is 0 Å². The number of hydrogen-bond acceptors (Lipinski definition) is 4. The summed E-state index contributed by atoms with van der Waals surface area (Å²) >= 11 is 12.1. The van der Waals surface area contributed by atoms with Gasteiger partial charge in [0.05, 0.1) is 22.6 Å². The Morgan fingerprint density at radius 1 is 1.00 bits per heavy atom. The molecule has 166 valence electrons. The third-order valence-corrected chi connectivity index (χ3v) is 7.74. The van der Waals surface area contributed by atoms with Crippen LogP contribution < -0.4 is 10.1 Å². The Labute approximate surface area is 196 Å². The number of anilines is 1. The van der Waals surface area contributed by atoms with Gasteiger partial charge in [0.15, 0.2) is 0 Å². The maximum Gasteiger partial charge on any atom is 0.257 e. The normalized spacial score (nSPS) is 14.0. The lowest BCUT2D eigenvalue weighted by molar-refractivity contribution is 0.102. The highest BCUT2D eigenvalue weighted by Gasteiger charge is 2.28. The van der Waals surface area contributed by atoms with Crippen LogP contribution in [-0.4, -0.2) is 32.3 Å². The fourth-order valence-corrected chi connectivity index (χ4v) is 5.38. The molecular formula is C23H20Cl2N2O4S. The first-order valence-corrected chi connectivity index (χ1v) is 12.0. The molecule has 0 saturated carbocycles. The highest BCUT2D eigenvalue weighted by Crippen LogP contribution is 2.28. The summed E-state index contributed by atoms with van der Waals surface area (Å²) in [6, 6.07) is 16.5. The van der Waals surface area contributed by atoms with E-state index in [2.05, 4.69) is 5.32 Å². The van der Waals surface area contributed by atoms with Gasteiger partial charge in [-0.25, -0.2) is 8.42 Å². The van der Waals surface area contributed by atoms with Crippen molar-refractivity contribution in [3.05, 3.63) is 87.4 Å². The molecule has 4 rings (SSSR count). The molecule has 0 spiro atoms. The summed E-state index contributed by atoms with van der Waals surface area (Å²) in [4.78, 5) is 12.9. The monoisotopic (exact) mass is 490 g/mol. The molecular weight excluding hydrogens is 471 g/mol. The van der Waals surface area contributed by atoms with Crippen molar-refractivity contribution >= 4 is 44.8 Å². The van der Waals surface area contributed by atoms with Crippen LogP contribution in [0.25, 0.3) is 0 Å². The second kappa shape index (κ2) is 9.11. The number of rotatable bonds is 5. The molecule has 6 nitrogen and oxygen atoms in total. The third kappa shape index (κ3) is 4.61. The van der Waals surface area contributed by atoms with Crippen LogP contribution in [0.1, 0.15) is 21.5 Å². The maximum atomic E-state index is 13.1. The summed E-state index contributed by atoms with van der Waals surface area (Å²) in [6.07, 6.45) is 0.582. The van der Waals surface area contributed by atoms with Gasteiger partial charge in [-0.15, -0.1) is 0 Å². The Kier molecular flexibility index (Phi) is 6.44. The van der Waals surface area contributed by atoms with E-state index in [4.69, 9.17) is 27.9 Å². The second-order valence-corrected chi connectivity index (χ2v) is 10.1. The molecule has 1 aliphatic rings. The van der Waals surface area contributed by atoms with Gasteiger partial charge >= 0.3 is 0 Å². The van der Waals surface area contributed by atoms with E-state index in [-0.39, 0.29) is 17.0 Å². The van der Waals surface area contributed by atoms with Crippen molar-refractivity contribution in [2.45, 2.75) is 17.9 Å². The van der Waals surface area contributed by atoms with E-state index in [1.54, 1.807) is 36.4 Å². The highest BCUT2D eigenvalue weighted by molar-refractivity contribution is 7.89. The first-order valence-electron chi connectivity index (χ1n) is 9.80. The standard InChI is InChI=1S/C23H20Cl2N2O4S/c1-31-19-5-7-20(8-6-19)32(29,30)27-11-10-15-2-4-18(12-16(15)14-27)26-23(28)21-13-17(24)3-9-22(21)25/h2-9,12-13H,10-11,14H2,1H3,(H,26,28). The van der Waals surface area contributed by atoms with Crippen LogP contribution in [0.15, 0.2) is 65.6 Å². The van der Waals surface area contributed by atoms with Gasteiger partial charge in [0.2, 0.25) is 10.0 Å². The quantitative estimate of drug-likeness (QED) is 0.545. The SMILES string of the molecule is COc1ccc(S(=O)(=O)N2CCc3ccc(NC(=O)c4cc(Cl)ccc4Cl)cc3C2)cc1. The summed E-state index contributed by atoms with van der Waals surface area (Å²) in [5, 5.41) is 3.51. The predicted molar refractivity (Wildman–Crippen MR) is 125 cm³/mol.